The maximum Gasteiger partial charge on any atom is 0.304 e. The van der Waals surface area contributed by atoms with E-state index in [1.165, 1.54) is 11.1 Å². The van der Waals surface area contributed by atoms with E-state index in [2.05, 4.69) is 45.0 Å². The molecule has 0 saturated heterocycles. The zero-order valence-electron chi connectivity index (χ0n) is 12.7. The molecule has 2 nitrogen and oxygen atoms in total. The van der Waals surface area contributed by atoms with Crippen molar-refractivity contribution in [2.45, 2.75) is 32.6 Å². The molecule has 0 bridgehead atoms. The average molecular weight is 280 g/mol. The Balaban J connectivity index is 2.41. The van der Waals surface area contributed by atoms with E-state index in [4.69, 9.17) is 0 Å². The first-order valence-electron chi connectivity index (χ1n) is 7.29. The van der Waals surface area contributed by atoms with Crippen LogP contribution in [0.25, 0.3) is 11.1 Å². The third-order valence-corrected chi connectivity index (χ3v) is 4.76. The monoisotopic (exact) mass is 280 g/mol. The van der Waals surface area contributed by atoms with Gasteiger partial charge in [-0.25, -0.2) is 0 Å². The Morgan fingerprint density at radius 2 is 1.38 bits per heavy atom. The van der Waals surface area contributed by atoms with Crippen LogP contribution in [0.15, 0.2) is 48.5 Å². The molecule has 2 aromatic rings. The molecule has 2 heteroatoms. The second kappa shape index (κ2) is 4.45. The van der Waals surface area contributed by atoms with Gasteiger partial charge < -0.3 is 5.11 Å². The van der Waals surface area contributed by atoms with E-state index in [0.717, 1.165) is 11.1 Å². The third kappa shape index (κ3) is 1.82. The van der Waals surface area contributed by atoms with Crippen LogP contribution in [0.5, 0.6) is 0 Å². The van der Waals surface area contributed by atoms with Crippen molar-refractivity contribution in [2.75, 3.05) is 0 Å². The molecule has 1 aliphatic rings. The number of benzene rings is 2. The number of fused-ring (bicyclic) bond motifs is 3. The normalized spacial score (nSPS) is 15.4. The fourth-order valence-electron chi connectivity index (χ4n) is 3.82. The van der Waals surface area contributed by atoms with E-state index in [1.54, 1.807) is 0 Å². The van der Waals surface area contributed by atoms with E-state index < -0.39 is 11.4 Å². The molecular formula is C19H20O2. The zero-order chi connectivity index (χ0) is 15.3. The Morgan fingerprint density at radius 1 is 0.952 bits per heavy atom. The molecule has 3 rings (SSSR count). The largest absolute Gasteiger partial charge is 0.481 e. The van der Waals surface area contributed by atoms with Crippen LogP contribution < -0.4 is 0 Å². The van der Waals surface area contributed by atoms with Crippen LogP contribution in [0.4, 0.5) is 0 Å². The molecule has 0 atom stereocenters. The third-order valence-electron chi connectivity index (χ3n) is 4.76. The lowest BCUT2D eigenvalue weighted by atomic mass is 9.59. The minimum Gasteiger partial charge on any atom is -0.481 e. The molecule has 0 fully saturated rings. The summed E-state index contributed by atoms with van der Waals surface area (Å²) >= 11 is 0. The van der Waals surface area contributed by atoms with Crippen molar-refractivity contribution < 1.29 is 9.90 Å². The Morgan fingerprint density at radius 3 is 1.76 bits per heavy atom. The van der Waals surface area contributed by atoms with Crippen molar-refractivity contribution >= 4 is 5.97 Å². The molecule has 2 aromatic carbocycles. The summed E-state index contributed by atoms with van der Waals surface area (Å²) in [5.74, 6) is -0.753. The fraction of sp³-hybridized carbons (Fsp3) is 0.316. The number of hydrogen-bond donors (Lipinski definition) is 1. The molecule has 0 unspecified atom stereocenters. The summed E-state index contributed by atoms with van der Waals surface area (Å²) in [4.78, 5) is 11.6. The van der Waals surface area contributed by atoms with Crippen molar-refractivity contribution in [1.29, 1.82) is 0 Å². The smallest absolute Gasteiger partial charge is 0.304 e. The van der Waals surface area contributed by atoms with Gasteiger partial charge >= 0.3 is 5.97 Å². The van der Waals surface area contributed by atoms with Gasteiger partial charge in [0.2, 0.25) is 0 Å². The van der Waals surface area contributed by atoms with Crippen molar-refractivity contribution in [3.8, 4) is 11.1 Å². The first-order valence-corrected chi connectivity index (χ1v) is 7.29. The molecule has 0 heterocycles. The summed E-state index contributed by atoms with van der Waals surface area (Å²) in [7, 11) is 0. The molecule has 0 radical (unpaired) electrons. The highest BCUT2D eigenvalue weighted by molar-refractivity contribution is 5.84. The standard InChI is InChI=1S/C19H20O2/c1-18(2,3)19(12-17(20)21)15-10-6-4-8-13(15)14-9-5-7-11-16(14)19/h4-11H,12H2,1-3H3,(H,20,21). The van der Waals surface area contributed by atoms with Gasteiger partial charge in [-0.2, -0.15) is 0 Å². The maximum atomic E-state index is 11.6. The molecular weight excluding hydrogens is 260 g/mol. The van der Waals surface area contributed by atoms with E-state index in [0.29, 0.717) is 0 Å². The van der Waals surface area contributed by atoms with Crippen LogP contribution in [0.3, 0.4) is 0 Å². The number of carbonyl (C=O) groups is 1. The predicted octanol–water partition coefficient (Wildman–Crippen LogP) is 4.47. The van der Waals surface area contributed by atoms with Gasteiger partial charge in [-0.05, 0) is 27.7 Å². The molecule has 0 spiro atoms. The lowest BCUT2D eigenvalue weighted by Crippen LogP contribution is -2.41. The molecule has 108 valence electrons. The van der Waals surface area contributed by atoms with Crippen LogP contribution in [0.2, 0.25) is 0 Å². The molecule has 1 aliphatic carbocycles. The van der Waals surface area contributed by atoms with Gasteiger partial charge in [-0.3, -0.25) is 4.79 Å². The quantitative estimate of drug-likeness (QED) is 0.881. The molecule has 1 N–H and O–H groups in total. The van der Waals surface area contributed by atoms with Crippen molar-refractivity contribution in [3.63, 3.8) is 0 Å². The second-order valence-corrected chi connectivity index (χ2v) is 6.82. The number of carboxylic acid groups (broad SMARTS) is 1. The van der Waals surface area contributed by atoms with Crippen LogP contribution in [-0.2, 0) is 10.2 Å². The molecule has 0 aliphatic heterocycles. The lowest BCUT2D eigenvalue weighted by molar-refractivity contribution is -0.139. The molecule has 0 saturated carbocycles. The Hall–Kier alpha value is -2.09. The van der Waals surface area contributed by atoms with Crippen LogP contribution in [-0.4, -0.2) is 11.1 Å². The summed E-state index contributed by atoms with van der Waals surface area (Å²) in [6.45, 7) is 6.40. The number of rotatable bonds is 2. The van der Waals surface area contributed by atoms with E-state index in [9.17, 15) is 9.90 Å². The summed E-state index contributed by atoms with van der Waals surface area (Å²) in [5.41, 5.74) is 3.95. The van der Waals surface area contributed by atoms with Gasteiger partial charge in [-0.1, -0.05) is 69.3 Å². The maximum absolute atomic E-state index is 11.6. The number of aliphatic carboxylic acids is 1. The SMILES string of the molecule is CC(C)(C)C1(CC(=O)O)c2ccccc2-c2ccccc21. The predicted molar refractivity (Wildman–Crippen MR) is 84.4 cm³/mol. The highest BCUT2D eigenvalue weighted by Crippen LogP contribution is 2.58. The second-order valence-electron chi connectivity index (χ2n) is 6.82. The molecule has 21 heavy (non-hydrogen) atoms. The summed E-state index contributed by atoms with van der Waals surface area (Å²) in [5, 5.41) is 9.55. The van der Waals surface area contributed by atoms with Gasteiger partial charge in [0.1, 0.15) is 0 Å². The van der Waals surface area contributed by atoms with Crippen LogP contribution in [0, 0.1) is 5.41 Å². The highest BCUT2D eigenvalue weighted by atomic mass is 16.4. The minimum absolute atomic E-state index is 0.116. The van der Waals surface area contributed by atoms with Crippen molar-refractivity contribution in [3.05, 3.63) is 59.7 Å². The molecule has 0 aromatic heterocycles. The summed E-state index contributed by atoms with van der Waals surface area (Å²) in [6.07, 6.45) is 0.116. The van der Waals surface area contributed by atoms with Crippen LogP contribution >= 0.6 is 0 Å². The topological polar surface area (TPSA) is 37.3 Å². The van der Waals surface area contributed by atoms with Gasteiger partial charge in [0.15, 0.2) is 0 Å². The Bertz CT molecular complexity index is 662. The average Bonchev–Trinajstić information content (AvgIpc) is 2.71. The zero-order valence-corrected chi connectivity index (χ0v) is 12.7. The van der Waals surface area contributed by atoms with Crippen molar-refractivity contribution in [1.82, 2.24) is 0 Å². The summed E-state index contributed by atoms with van der Waals surface area (Å²) < 4.78 is 0. The van der Waals surface area contributed by atoms with E-state index in [1.807, 2.05) is 24.3 Å². The lowest BCUT2D eigenvalue weighted by Gasteiger charge is -2.43. The van der Waals surface area contributed by atoms with Gasteiger partial charge in [-0.15, -0.1) is 0 Å². The number of hydrogen-bond acceptors (Lipinski definition) is 1. The van der Waals surface area contributed by atoms with E-state index >= 15 is 0 Å². The minimum atomic E-state index is -0.753. The Kier molecular flexibility index (Phi) is 2.94. The van der Waals surface area contributed by atoms with E-state index in [-0.39, 0.29) is 11.8 Å². The van der Waals surface area contributed by atoms with Crippen LogP contribution in [0.1, 0.15) is 38.3 Å². The fourth-order valence-corrected chi connectivity index (χ4v) is 3.82. The first kappa shape index (κ1) is 13.9. The van der Waals surface area contributed by atoms with Gasteiger partial charge in [0, 0.05) is 5.41 Å². The van der Waals surface area contributed by atoms with Gasteiger partial charge in [0.25, 0.3) is 0 Å². The van der Waals surface area contributed by atoms with Crippen molar-refractivity contribution in [2.24, 2.45) is 5.41 Å². The number of carboxylic acids is 1. The molecule has 0 amide bonds. The summed E-state index contributed by atoms with van der Waals surface area (Å²) in [6, 6.07) is 16.4. The van der Waals surface area contributed by atoms with Gasteiger partial charge in [0.05, 0.1) is 6.42 Å². The first-order chi connectivity index (χ1) is 9.88. The highest BCUT2D eigenvalue weighted by Gasteiger charge is 2.51. The Labute approximate surface area is 125 Å².